The fourth-order valence-corrected chi connectivity index (χ4v) is 1.67. The number of rotatable bonds is 5. The highest BCUT2D eigenvalue weighted by Gasteiger charge is 2.07. The predicted octanol–water partition coefficient (Wildman–Crippen LogP) is 1.38. The van der Waals surface area contributed by atoms with Crippen molar-refractivity contribution in [3.05, 3.63) is 53.9 Å². The van der Waals surface area contributed by atoms with Crippen LogP contribution in [0.2, 0.25) is 0 Å². The molecule has 5 nitrogen and oxygen atoms in total. The predicted molar refractivity (Wildman–Crippen MR) is 72.8 cm³/mol. The summed E-state index contributed by atoms with van der Waals surface area (Å²) in [5, 5.41) is 0. The maximum absolute atomic E-state index is 11.1. The zero-order chi connectivity index (χ0) is 13.7. The molecule has 1 aromatic heterocycles. The molecule has 0 aliphatic rings. The first-order valence-corrected chi connectivity index (χ1v) is 5.88. The molecule has 0 aliphatic heterocycles. The molecule has 98 valence electrons. The average Bonchev–Trinajstić information content (AvgIpc) is 2.41. The Morgan fingerprint density at radius 3 is 2.84 bits per heavy atom. The molecule has 2 aromatic rings. The number of hydrogen-bond acceptors (Lipinski definition) is 4. The number of hydrogen-bond donors (Lipinski definition) is 2. The summed E-state index contributed by atoms with van der Waals surface area (Å²) in [5.41, 5.74) is 12.6. The highest BCUT2D eigenvalue weighted by Crippen LogP contribution is 2.19. The van der Waals surface area contributed by atoms with Crippen LogP contribution in [0.5, 0.6) is 5.75 Å². The number of benzene rings is 1. The van der Waals surface area contributed by atoms with Gasteiger partial charge in [0, 0.05) is 24.5 Å². The molecule has 19 heavy (non-hydrogen) atoms. The zero-order valence-electron chi connectivity index (χ0n) is 10.4. The lowest BCUT2D eigenvalue weighted by atomic mass is 10.1. The maximum atomic E-state index is 11.1. The van der Waals surface area contributed by atoms with Crippen LogP contribution in [-0.2, 0) is 6.42 Å². The lowest BCUT2D eigenvalue weighted by molar-refractivity contribution is 0.100. The van der Waals surface area contributed by atoms with E-state index in [9.17, 15) is 4.79 Å². The molecule has 0 fully saturated rings. The van der Waals surface area contributed by atoms with Crippen LogP contribution >= 0.6 is 0 Å². The van der Waals surface area contributed by atoms with E-state index in [1.165, 1.54) is 0 Å². The molecule has 0 bridgehead atoms. The summed E-state index contributed by atoms with van der Waals surface area (Å²) in [6.45, 7) is 0.494. The number of carbonyl (C=O) groups excluding carboxylic acids is 1. The van der Waals surface area contributed by atoms with Gasteiger partial charge in [-0.15, -0.1) is 0 Å². The van der Waals surface area contributed by atoms with E-state index >= 15 is 0 Å². The van der Waals surface area contributed by atoms with Gasteiger partial charge in [-0.2, -0.15) is 0 Å². The fourth-order valence-electron chi connectivity index (χ4n) is 1.67. The standard InChI is InChI=1S/C14H15N3O2/c15-13-4-3-11(8-12(13)14(16)18)19-7-5-10-2-1-6-17-9-10/h1-4,6,8-9H,5,7,15H2,(H2,16,18). The summed E-state index contributed by atoms with van der Waals surface area (Å²) in [6.07, 6.45) is 4.26. The molecule has 0 aliphatic carbocycles. The third-order valence-corrected chi connectivity index (χ3v) is 2.67. The van der Waals surface area contributed by atoms with Crippen LogP contribution in [0.15, 0.2) is 42.7 Å². The van der Waals surface area contributed by atoms with Gasteiger partial charge >= 0.3 is 0 Å². The summed E-state index contributed by atoms with van der Waals surface area (Å²) in [5.74, 6) is 0.0158. The monoisotopic (exact) mass is 257 g/mol. The Kier molecular flexibility index (Phi) is 3.97. The van der Waals surface area contributed by atoms with Gasteiger partial charge in [0.25, 0.3) is 5.91 Å². The van der Waals surface area contributed by atoms with Crippen molar-refractivity contribution in [2.75, 3.05) is 12.3 Å². The number of ether oxygens (including phenoxy) is 1. The third-order valence-electron chi connectivity index (χ3n) is 2.67. The number of nitrogens with two attached hydrogens (primary N) is 2. The lowest BCUT2D eigenvalue weighted by Crippen LogP contribution is -2.13. The van der Waals surface area contributed by atoms with Gasteiger partial charge in [-0.05, 0) is 29.8 Å². The Labute approximate surface area is 111 Å². The van der Waals surface area contributed by atoms with Crippen LogP contribution in [0.1, 0.15) is 15.9 Å². The van der Waals surface area contributed by atoms with Gasteiger partial charge < -0.3 is 16.2 Å². The molecule has 1 heterocycles. The number of aromatic nitrogens is 1. The van der Waals surface area contributed by atoms with Gasteiger partial charge in [-0.3, -0.25) is 9.78 Å². The van der Waals surface area contributed by atoms with Crippen LogP contribution in [0.3, 0.4) is 0 Å². The quantitative estimate of drug-likeness (QED) is 0.792. The molecule has 1 aromatic carbocycles. The Morgan fingerprint density at radius 1 is 1.32 bits per heavy atom. The number of pyridine rings is 1. The molecule has 0 atom stereocenters. The van der Waals surface area contributed by atoms with Crippen molar-refractivity contribution in [2.24, 2.45) is 5.73 Å². The first-order chi connectivity index (χ1) is 9.16. The van der Waals surface area contributed by atoms with Gasteiger partial charge in [0.15, 0.2) is 0 Å². The van der Waals surface area contributed by atoms with Crippen LogP contribution in [0, 0.1) is 0 Å². The average molecular weight is 257 g/mol. The van der Waals surface area contributed by atoms with Gasteiger partial charge in [-0.25, -0.2) is 0 Å². The molecule has 1 amide bonds. The summed E-state index contributed by atoms with van der Waals surface area (Å²) in [7, 11) is 0. The van der Waals surface area contributed by atoms with E-state index in [1.807, 2.05) is 12.1 Å². The molecule has 0 spiro atoms. The Morgan fingerprint density at radius 2 is 2.16 bits per heavy atom. The highest BCUT2D eigenvalue weighted by atomic mass is 16.5. The minimum absolute atomic E-state index is 0.277. The van der Waals surface area contributed by atoms with Gasteiger partial charge in [0.1, 0.15) is 5.75 Å². The molecule has 4 N–H and O–H groups in total. The maximum Gasteiger partial charge on any atom is 0.250 e. The third kappa shape index (κ3) is 3.45. The Bertz CT molecular complexity index is 570. The van der Waals surface area contributed by atoms with Crippen LogP contribution in [0.4, 0.5) is 5.69 Å². The number of carbonyl (C=O) groups is 1. The Hall–Kier alpha value is -2.56. The number of nitrogen functional groups attached to an aromatic ring is 1. The zero-order valence-corrected chi connectivity index (χ0v) is 10.4. The van der Waals surface area contributed by atoms with Crippen molar-refractivity contribution in [3.8, 4) is 5.75 Å². The van der Waals surface area contributed by atoms with Crippen LogP contribution in [-0.4, -0.2) is 17.5 Å². The SMILES string of the molecule is NC(=O)c1cc(OCCc2cccnc2)ccc1N. The van der Waals surface area contributed by atoms with Crippen molar-refractivity contribution in [3.63, 3.8) is 0 Å². The fraction of sp³-hybridized carbons (Fsp3) is 0.143. The van der Waals surface area contributed by atoms with E-state index in [2.05, 4.69) is 4.98 Å². The molecule has 0 unspecified atom stereocenters. The molecular formula is C14H15N3O2. The highest BCUT2D eigenvalue weighted by molar-refractivity contribution is 5.98. The van der Waals surface area contributed by atoms with Crippen LogP contribution < -0.4 is 16.2 Å². The normalized spacial score (nSPS) is 10.1. The summed E-state index contributed by atoms with van der Waals surface area (Å²) >= 11 is 0. The molecular weight excluding hydrogens is 242 g/mol. The minimum Gasteiger partial charge on any atom is -0.493 e. The van der Waals surface area contributed by atoms with Crippen molar-refractivity contribution in [1.29, 1.82) is 0 Å². The van der Waals surface area contributed by atoms with Crippen LogP contribution in [0.25, 0.3) is 0 Å². The van der Waals surface area contributed by atoms with E-state index in [4.69, 9.17) is 16.2 Å². The number of nitrogens with zero attached hydrogens (tertiary/aromatic N) is 1. The number of primary amides is 1. The lowest BCUT2D eigenvalue weighted by Gasteiger charge is -2.08. The number of anilines is 1. The second-order valence-corrected chi connectivity index (χ2v) is 4.07. The second kappa shape index (κ2) is 5.86. The summed E-state index contributed by atoms with van der Waals surface area (Å²) in [4.78, 5) is 15.2. The molecule has 2 rings (SSSR count). The molecule has 0 saturated heterocycles. The van der Waals surface area contributed by atoms with Gasteiger partial charge in [0.05, 0.1) is 12.2 Å². The largest absolute Gasteiger partial charge is 0.493 e. The summed E-state index contributed by atoms with van der Waals surface area (Å²) < 4.78 is 5.56. The smallest absolute Gasteiger partial charge is 0.250 e. The topological polar surface area (TPSA) is 91.2 Å². The van der Waals surface area contributed by atoms with E-state index in [1.54, 1.807) is 30.6 Å². The number of amides is 1. The van der Waals surface area contributed by atoms with E-state index in [-0.39, 0.29) is 5.56 Å². The molecule has 0 radical (unpaired) electrons. The van der Waals surface area contributed by atoms with Gasteiger partial charge in [0.2, 0.25) is 0 Å². The van der Waals surface area contributed by atoms with Crippen molar-refractivity contribution in [1.82, 2.24) is 4.98 Å². The van der Waals surface area contributed by atoms with E-state index in [0.717, 1.165) is 12.0 Å². The van der Waals surface area contributed by atoms with Gasteiger partial charge in [-0.1, -0.05) is 6.07 Å². The van der Waals surface area contributed by atoms with E-state index in [0.29, 0.717) is 18.0 Å². The first-order valence-electron chi connectivity index (χ1n) is 5.88. The molecule has 5 heteroatoms. The van der Waals surface area contributed by atoms with Crippen molar-refractivity contribution < 1.29 is 9.53 Å². The summed E-state index contributed by atoms with van der Waals surface area (Å²) in [6, 6.07) is 8.74. The first kappa shape index (κ1) is 12.9. The van der Waals surface area contributed by atoms with E-state index < -0.39 is 5.91 Å². The van der Waals surface area contributed by atoms with Crippen molar-refractivity contribution >= 4 is 11.6 Å². The minimum atomic E-state index is -0.560. The van der Waals surface area contributed by atoms with Crippen molar-refractivity contribution in [2.45, 2.75) is 6.42 Å². The Balaban J connectivity index is 1.97. The second-order valence-electron chi connectivity index (χ2n) is 4.07. The molecule has 0 saturated carbocycles.